The van der Waals surface area contributed by atoms with Crippen molar-refractivity contribution in [1.29, 1.82) is 0 Å². The molecule has 0 atom stereocenters. The Morgan fingerprint density at radius 3 is 1.93 bits per heavy atom. The van der Waals surface area contributed by atoms with Crippen LogP contribution in [0.15, 0.2) is 182 Å². The van der Waals surface area contributed by atoms with Crippen molar-refractivity contribution in [2.45, 2.75) is 5.41 Å². The van der Waals surface area contributed by atoms with Crippen LogP contribution >= 0.6 is 0 Å². The highest BCUT2D eigenvalue weighted by Crippen LogP contribution is 2.64. The maximum atomic E-state index is 5.75. The van der Waals surface area contributed by atoms with Gasteiger partial charge >= 0.3 is 0 Å². The lowest BCUT2D eigenvalue weighted by Crippen LogP contribution is -2.26. The third kappa shape index (κ3) is 4.06. The lowest BCUT2D eigenvalue weighted by molar-refractivity contribution is 0.794. The van der Waals surface area contributed by atoms with Gasteiger partial charge in [0.15, 0.2) is 0 Å². The minimum atomic E-state index is -0.602. The lowest BCUT2D eigenvalue weighted by Gasteiger charge is -2.31. The van der Waals surface area contributed by atoms with Crippen LogP contribution in [0.4, 0.5) is 0 Å². The fourth-order valence-electron chi connectivity index (χ4n) is 10.1. The number of hydrogen-bond acceptors (Lipinski definition) is 4. The number of hydrogen-bond donors (Lipinski definition) is 0. The minimum Gasteiger partial charge on any atom is -0.256 e. The first-order chi connectivity index (χ1) is 28.3. The molecule has 2 aliphatic rings. The molecular weight excluding hydrogens is 693 g/mol. The first-order valence-corrected chi connectivity index (χ1v) is 19.5. The molecule has 0 fully saturated rings. The normalized spacial score (nSPS) is 13.4. The molecular formula is C53H30N4. The van der Waals surface area contributed by atoms with Gasteiger partial charge in [-0.1, -0.05) is 127 Å². The first-order valence-electron chi connectivity index (χ1n) is 19.5. The maximum Gasteiger partial charge on any atom is 0.0972 e. The highest BCUT2D eigenvalue weighted by Gasteiger charge is 2.53. The van der Waals surface area contributed by atoms with E-state index >= 15 is 0 Å². The van der Waals surface area contributed by atoms with Crippen molar-refractivity contribution in [2.75, 3.05) is 0 Å². The summed E-state index contributed by atoms with van der Waals surface area (Å²) in [5.74, 6) is 0. The molecule has 0 radical (unpaired) electrons. The molecule has 0 saturated carbocycles. The third-order valence-corrected chi connectivity index (χ3v) is 12.5. The van der Waals surface area contributed by atoms with Crippen LogP contribution in [0.5, 0.6) is 0 Å². The van der Waals surface area contributed by atoms with Gasteiger partial charge in [-0.2, -0.15) is 0 Å². The van der Waals surface area contributed by atoms with Gasteiger partial charge in [0.05, 0.1) is 38.9 Å². The van der Waals surface area contributed by atoms with E-state index in [0.29, 0.717) is 0 Å². The van der Waals surface area contributed by atoms with E-state index < -0.39 is 5.41 Å². The van der Waals surface area contributed by atoms with E-state index in [1.54, 1.807) is 0 Å². The Balaban J connectivity index is 1.15. The van der Waals surface area contributed by atoms with Crippen molar-refractivity contribution >= 4 is 54.4 Å². The Bertz CT molecular complexity index is 3500. The zero-order chi connectivity index (χ0) is 37.2. The smallest absolute Gasteiger partial charge is 0.0972 e. The average molecular weight is 723 g/mol. The van der Waals surface area contributed by atoms with Gasteiger partial charge in [0.1, 0.15) is 0 Å². The molecule has 4 heterocycles. The van der Waals surface area contributed by atoms with Gasteiger partial charge in [0.25, 0.3) is 0 Å². The zero-order valence-electron chi connectivity index (χ0n) is 30.6. The highest BCUT2D eigenvalue weighted by molar-refractivity contribution is 6.13. The third-order valence-electron chi connectivity index (χ3n) is 12.5. The van der Waals surface area contributed by atoms with Crippen molar-refractivity contribution in [1.82, 2.24) is 19.9 Å². The SMILES string of the molecule is c1ccc2c(c1)-c1ccccc1C21c2cc3ccc4c(-c5ccc6ccccc6n5)ccnc4c3nc2-c2c1cc(-c1ccc3ccccc3c1)c1cccnc21. The Labute approximate surface area is 327 Å². The minimum absolute atomic E-state index is 0.602. The molecule has 4 aromatic heterocycles. The second-order valence-electron chi connectivity index (χ2n) is 15.3. The summed E-state index contributed by atoms with van der Waals surface area (Å²) in [7, 11) is 0. The molecule has 0 aliphatic heterocycles. The summed E-state index contributed by atoms with van der Waals surface area (Å²) >= 11 is 0. The molecule has 262 valence electrons. The fraction of sp³-hybridized carbons (Fsp3) is 0.0189. The first kappa shape index (κ1) is 30.7. The van der Waals surface area contributed by atoms with E-state index in [0.717, 1.165) is 66.1 Å². The summed E-state index contributed by atoms with van der Waals surface area (Å²) in [4.78, 5) is 21.1. The largest absolute Gasteiger partial charge is 0.256 e. The highest BCUT2D eigenvalue weighted by atomic mass is 14.8. The molecule has 2 aliphatic carbocycles. The Morgan fingerprint density at radius 2 is 1.07 bits per heavy atom. The van der Waals surface area contributed by atoms with E-state index in [1.807, 2.05) is 18.5 Å². The van der Waals surface area contributed by atoms with Crippen LogP contribution in [0.25, 0.3) is 99.2 Å². The molecule has 13 rings (SSSR count). The summed E-state index contributed by atoms with van der Waals surface area (Å²) in [6.07, 6.45) is 3.82. The predicted octanol–water partition coefficient (Wildman–Crippen LogP) is 12.7. The Hall–Kier alpha value is -7.56. The topological polar surface area (TPSA) is 51.6 Å². The van der Waals surface area contributed by atoms with Crippen molar-refractivity contribution in [3.63, 3.8) is 0 Å². The number of pyridine rings is 4. The second-order valence-corrected chi connectivity index (χ2v) is 15.3. The van der Waals surface area contributed by atoms with Crippen LogP contribution in [-0.2, 0) is 5.41 Å². The summed E-state index contributed by atoms with van der Waals surface area (Å²) in [6.45, 7) is 0. The quantitative estimate of drug-likeness (QED) is 0.167. The van der Waals surface area contributed by atoms with E-state index in [9.17, 15) is 0 Å². The van der Waals surface area contributed by atoms with Gasteiger partial charge in [-0.15, -0.1) is 0 Å². The monoisotopic (exact) mass is 722 g/mol. The van der Waals surface area contributed by atoms with Crippen molar-refractivity contribution in [2.24, 2.45) is 0 Å². The van der Waals surface area contributed by atoms with Crippen LogP contribution in [0, 0.1) is 0 Å². The van der Waals surface area contributed by atoms with Crippen LogP contribution in [0.3, 0.4) is 0 Å². The second kappa shape index (κ2) is 11.2. The van der Waals surface area contributed by atoms with Crippen molar-refractivity contribution < 1.29 is 0 Å². The summed E-state index contributed by atoms with van der Waals surface area (Å²) in [5.41, 5.74) is 16.9. The van der Waals surface area contributed by atoms with Crippen LogP contribution in [-0.4, -0.2) is 19.9 Å². The molecule has 57 heavy (non-hydrogen) atoms. The molecule has 0 amide bonds. The number of benzene rings is 7. The van der Waals surface area contributed by atoms with Crippen LogP contribution < -0.4 is 0 Å². The molecule has 11 aromatic rings. The van der Waals surface area contributed by atoms with Crippen LogP contribution in [0.2, 0.25) is 0 Å². The van der Waals surface area contributed by atoms with Crippen molar-refractivity contribution in [3.8, 4) is 44.8 Å². The van der Waals surface area contributed by atoms with E-state index in [-0.39, 0.29) is 0 Å². The fourth-order valence-corrected chi connectivity index (χ4v) is 10.1. The van der Waals surface area contributed by atoms with Crippen LogP contribution in [0.1, 0.15) is 22.3 Å². The van der Waals surface area contributed by atoms with Gasteiger partial charge in [-0.05, 0) is 97.7 Å². The molecule has 7 aromatic carbocycles. The summed E-state index contributed by atoms with van der Waals surface area (Å²) in [6, 6.07) is 61.4. The predicted molar refractivity (Wildman–Crippen MR) is 232 cm³/mol. The number of rotatable bonds is 2. The number of nitrogens with zero attached hydrogens (tertiary/aromatic N) is 4. The molecule has 0 bridgehead atoms. The average Bonchev–Trinajstić information content (AvgIpc) is 3.74. The Morgan fingerprint density at radius 1 is 0.368 bits per heavy atom. The molecule has 4 heteroatoms. The lowest BCUT2D eigenvalue weighted by atomic mass is 9.70. The summed E-state index contributed by atoms with van der Waals surface area (Å²) < 4.78 is 0. The van der Waals surface area contributed by atoms with E-state index in [4.69, 9.17) is 19.9 Å². The van der Waals surface area contributed by atoms with E-state index in [2.05, 4.69) is 164 Å². The summed E-state index contributed by atoms with van der Waals surface area (Å²) in [5, 5.41) is 6.75. The Kier molecular flexibility index (Phi) is 6.07. The molecule has 4 nitrogen and oxygen atoms in total. The van der Waals surface area contributed by atoms with Gasteiger partial charge in [0.2, 0.25) is 0 Å². The van der Waals surface area contributed by atoms with Gasteiger partial charge < -0.3 is 0 Å². The molecule has 0 N–H and O–H groups in total. The maximum absolute atomic E-state index is 5.75. The molecule has 1 spiro atoms. The molecule has 0 saturated heterocycles. The van der Waals surface area contributed by atoms with E-state index in [1.165, 1.54) is 55.3 Å². The number of fused-ring (bicyclic) bond motifs is 17. The number of aromatic nitrogens is 4. The zero-order valence-corrected chi connectivity index (χ0v) is 30.6. The van der Waals surface area contributed by atoms with Gasteiger partial charge in [-0.25, -0.2) is 9.97 Å². The number of para-hydroxylation sites is 1. The molecule has 0 unspecified atom stereocenters. The van der Waals surface area contributed by atoms with Gasteiger partial charge in [-0.3, -0.25) is 9.97 Å². The standard InChI is InChI=1S/C53H30N4/c1-2-12-33-28-34(20-19-31(33)10-1)41-30-44-48(50-39(41)15-9-26-54-50)52-45(53(44)42-16-6-4-13-36(42)37-14-5-7-17-43(37)53)29-35-21-23-40-38(25-27-55-51(40)49(35)57-52)47-24-22-32-11-3-8-18-46(32)56-47/h1-30H. The van der Waals surface area contributed by atoms with Crippen molar-refractivity contribution in [3.05, 3.63) is 205 Å². The van der Waals surface area contributed by atoms with Gasteiger partial charge in [0, 0.05) is 45.1 Å².